The first-order chi connectivity index (χ1) is 13.1. The topological polar surface area (TPSA) is 71.0 Å². The normalized spacial score (nSPS) is 20.0. The number of amides is 1. The van der Waals surface area contributed by atoms with Gasteiger partial charge in [-0.2, -0.15) is 0 Å². The van der Waals surface area contributed by atoms with E-state index in [1.54, 1.807) is 6.20 Å². The number of fused-ring (bicyclic) bond motifs is 1. The minimum Gasteiger partial charge on any atom is -0.339 e. The van der Waals surface area contributed by atoms with E-state index in [1.807, 2.05) is 46.9 Å². The van der Waals surface area contributed by atoms with Crippen molar-refractivity contribution in [3.05, 3.63) is 52.6 Å². The van der Waals surface area contributed by atoms with E-state index in [2.05, 4.69) is 9.97 Å². The molecule has 1 saturated carbocycles. The molecule has 2 aromatic heterocycles. The van der Waals surface area contributed by atoms with Gasteiger partial charge < -0.3 is 14.5 Å². The Morgan fingerprint density at radius 2 is 2.07 bits per heavy atom. The first kappa shape index (κ1) is 16.3. The Morgan fingerprint density at radius 1 is 1.22 bits per heavy atom. The monoisotopic (exact) mass is 362 g/mol. The molecular formula is C21H22N4O2. The van der Waals surface area contributed by atoms with Gasteiger partial charge in [0.15, 0.2) is 0 Å². The van der Waals surface area contributed by atoms with Gasteiger partial charge in [-0.25, -0.2) is 4.98 Å². The van der Waals surface area contributed by atoms with Crippen LogP contribution in [-0.2, 0) is 11.3 Å². The quantitative estimate of drug-likeness (QED) is 0.776. The van der Waals surface area contributed by atoms with E-state index in [0.29, 0.717) is 30.4 Å². The molecule has 1 saturated heterocycles. The number of pyridine rings is 1. The molecule has 1 amide bonds. The molecule has 6 heteroatoms. The van der Waals surface area contributed by atoms with Crippen molar-refractivity contribution in [3.8, 4) is 11.4 Å². The second-order valence-electron chi connectivity index (χ2n) is 7.85. The fourth-order valence-corrected chi connectivity index (χ4v) is 4.13. The summed E-state index contributed by atoms with van der Waals surface area (Å²) in [5.74, 6) is 1.20. The summed E-state index contributed by atoms with van der Waals surface area (Å²) in [7, 11) is 0. The zero-order valence-electron chi connectivity index (χ0n) is 15.3. The number of nitrogens with zero attached hydrogens (tertiary/aromatic N) is 3. The molecule has 138 valence electrons. The summed E-state index contributed by atoms with van der Waals surface area (Å²) in [4.78, 5) is 34.3. The lowest BCUT2D eigenvalue weighted by Crippen LogP contribution is -2.27. The maximum absolute atomic E-state index is 12.7. The smallest absolute Gasteiger partial charge is 0.259 e. The number of hydrogen-bond acceptors (Lipinski definition) is 3. The van der Waals surface area contributed by atoms with Crippen molar-refractivity contribution >= 4 is 16.8 Å². The Bertz CT molecular complexity index is 1090. The lowest BCUT2D eigenvalue weighted by molar-refractivity contribution is -0.128. The molecule has 1 N–H and O–H groups in total. The third-order valence-electron chi connectivity index (χ3n) is 5.64. The third kappa shape index (κ3) is 2.95. The van der Waals surface area contributed by atoms with Crippen molar-refractivity contribution in [1.82, 2.24) is 19.4 Å². The van der Waals surface area contributed by atoms with Gasteiger partial charge in [0, 0.05) is 49.4 Å². The molecule has 3 aromatic rings. The lowest BCUT2D eigenvalue weighted by atomic mass is 10.1. The largest absolute Gasteiger partial charge is 0.339 e. The number of H-pyrrole nitrogens is 1. The number of aromatic amines is 1. The van der Waals surface area contributed by atoms with Crippen molar-refractivity contribution in [2.24, 2.45) is 5.92 Å². The number of hydrogen-bond donors (Lipinski definition) is 1. The van der Waals surface area contributed by atoms with Gasteiger partial charge in [0.2, 0.25) is 5.91 Å². The molecule has 3 heterocycles. The Morgan fingerprint density at radius 3 is 2.89 bits per heavy atom. The van der Waals surface area contributed by atoms with E-state index in [-0.39, 0.29) is 17.4 Å². The van der Waals surface area contributed by atoms with Crippen LogP contribution in [0.4, 0.5) is 0 Å². The maximum atomic E-state index is 12.7. The average Bonchev–Trinajstić information content (AvgIpc) is 3.27. The van der Waals surface area contributed by atoms with Crippen LogP contribution in [0.2, 0.25) is 0 Å². The van der Waals surface area contributed by atoms with Crippen molar-refractivity contribution < 1.29 is 4.79 Å². The van der Waals surface area contributed by atoms with Gasteiger partial charge in [0.1, 0.15) is 5.82 Å². The molecule has 1 aliphatic carbocycles. The van der Waals surface area contributed by atoms with E-state index in [1.165, 1.54) is 0 Å². The summed E-state index contributed by atoms with van der Waals surface area (Å²) in [5.41, 5.74) is 2.38. The molecule has 1 atom stereocenters. The SMILES string of the molecule is Cc1ccc2cc(-c3nccn3CC3CC(=O)N(C4CC4)C3)c(=O)[nH]c2c1. The zero-order chi connectivity index (χ0) is 18.5. The number of aromatic nitrogens is 3. The number of benzene rings is 1. The summed E-state index contributed by atoms with van der Waals surface area (Å²) >= 11 is 0. The highest BCUT2D eigenvalue weighted by atomic mass is 16.2. The fourth-order valence-electron chi connectivity index (χ4n) is 4.13. The number of carbonyl (C=O) groups excluding carboxylic acids is 1. The maximum Gasteiger partial charge on any atom is 0.259 e. The molecule has 1 aliphatic heterocycles. The van der Waals surface area contributed by atoms with Crippen molar-refractivity contribution in [1.29, 1.82) is 0 Å². The average molecular weight is 362 g/mol. The molecule has 0 bridgehead atoms. The predicted octanol–water partition coefficient (Wildman–Crippen LogP) is 2.71. The standard InChI is InChI=1S/C21H22N4O2/c1-13-2-3-15-10-17(21(27)23-18(15)8-13)20-22-6-7-24(20)11-14-9-19(26)25(12-14)16-4-5-16/h2-3,6-8,10,14,16H,4-5,9,11-12H2,1H3,(H,23,27). The Labute approximate surface area is 156 Å². The van der Waals surface area contributed by atoms with Gasteiger partial charge in [-0.15, -0.1) is 0 Å². The van der Waals surface area contributed by atoms with Gasteiger partial charge >= 0.3 is 0 Å². The molecule has 5 rings (SSSR count). The molecule has 27 heavy (non-hydrogen) atoms. The van der Waals surface area contributed by atoms with Crippen LogP contribution in [0.3, 0.4) is 0 Å². The van der Waals surface area contributed by atoms with Crippen LogP contribution >= 0.6 is 0 Å². The van der Waals surface area contributed by atoms with Crippen LogP contribution in [-0.4, -0.2) is 37.9 Å². The predicted molar refractivity (Wildman–Crippen MR) is 103 cm³/mol. The Hall–Kier alpha value is -2.89. The minimum absolute atomic E-state index is 0.136. The van der Waals surface area contributed by atoms with Crippen LogP contribution in [0.1, 0.15) is 24.8 Å². The number of rotatable bonds is 4. The molecule has 1 aromatic carbocycles. The summed E-state index contributed by atoms with van der Waals surface area (Å²) in [6.45, 7) is 3.52. The molecule has 2 fully saturated rings. The van der Waals surface area contributed by atoms with Gasteiger partial charge in [0.25, 0.3) is 5.56 Å². The molecule has 0 spiro atoms. The fraction of sp³-hybridized carbons (Fsp3) is 0.381. The Balaban J connectivity index is 1.46. The second-order valence-corrected chi connectivity index (χ2v) is 7.85. The van der Waals surface area contributed by atoms with Gasteiger partial charge in [0.05, 0.1) is 5.56 Å². The van der Waals surface area contributed by atoms with Gasteiger partial charge in [-0.1, -0.05) is 12.1 Å². The van der Waals surface area contributed by atoms with E-state index < -0.39 is 0 Å². The van der Waals surface area contributed by atoms with E-state index in [4.69, 9.17) is 0 Å². The lowest BCUT2D eigenvalue weighted by Gasteiger charge is -2.16. The van der Waals surface area contributed by atoms with Crippen LogP contribution < -0.4 is 5.56 Å². The number of imidazole rings is 1. The molecule has 1 unspecified atom stereocenters. The van der Waals surface area contributed by atoms with Crippen molar-refractivity contribution in [3.63, 3.8) is 0 Å². The second kappa shape index (κ2) is 6.08. The van der Waals surface area contributed by atoms with Crippen LogP contribution in [0.25, 0.3) is 22.3 Å². The van der Waals surface area contributed by atoms with Crippen molar-refractivity contribution in [2.75, 3.05) is 6.54 Å². The molecular weight excluding hydrogens is 340 g/mol. The van der Waals surface area contributed by atoms with Crippen LogP contribution in [0.15, 0.2) is 41.5 Å². The minimum atomic E-state index is -0.136. The number of carbonyl (C=O) groups is 1. The van der Waals surface area contributed by atoms with Gasteiger partial charge in [-0.05, 0) is 42.8 Å². The molecule has 6 nitrogen and oxygen atoms in total. The summed E-state index contributed by atoms with van der Waals surface area (Å²) < 4.78 is 2.01. The number of nitrogens with one attached hydrogen (secondary N) is 1. The molecule has 2 aliphatic rings. The van der Waals surface area contributed by atoms with Crippen molar-refractivity contribution in [2.45, 2.75) is 38.8 Å². The highest BCUT2D eigenvalue weighted by molar-refractivity contribution is 5.83. The number of aryl methyl sites for hydroxylation is 1. The first-order valence-electron chi connectivity index (χ1n) is 9.53. The third-order valence-corrected chi connectivity index (χ3v) is 5.64. The highest BCUT2D eigenvalue weighted by Crippen LogP contribution is 2.33. The zero-order valence-corrected chi connectivity index (χ0v) is 15.3. The van der Waals surface area contributed by atoms with Crippen LogP contribution in [0.5, 0.6) is 0 Å². The summed E-state index contributed by atoms with van der Waals surface area (Å²) in [6.07, 6.45) is 6.49. The Kier molecular flexibility index (Phi) is 3.67. The van der Waals surface area contributed by atoms with E-state index in [9.17, 15) is 9.59 Å². The summed E-state index contributed by atoms with van der Waals surface area (Å²) in [5, 5.41) is 0.987. The van der Waals surface area contributed by atoms with E-state index >= 15 is 0 Å². The highest BCUT2D eigenvalue weighted by Gasteiger charge is 2.39. The number of likely N-dealkylation sites (tertiary alicyclic amines) is 1. The van der Waals surface area contributed by atoms with E-state index in [0.717, 1.165) is 35.9 Å². The summed E-state index contributed by atoms with van der Waals surface area (Å²) in [6, 6.07) is 8.40. The molecule has 0 radical (unpaired) electrons. The van der Waals surface area contributed by atoms with Gasteiger partial charge in [-0.3, -0.25) is 9.59 Å². The van der Waals surface area contributed by atoms with Crippen LogP contribution in [0, 0.1) is 12.8 Å². The first-order valence-corrected chi connectivity index (χ1v) is 9.53.